The average Bonchev–Trinajstić information content (AvgIpc) is 2.74. The molecule has 4 aliphatic rings. The molecule has 4 fully saturated rings. The standard InChI is InChI=1S/C19H30O4/c1-18-8-12(21)7-13(18)16-14(22)6-10-5-11(20)3-4-19(10,2)17(16)15(23)9-18/h10-14,16-17,20-22H,3-9H2,1-2H3/t10-,11-,12-,13+,14-,16-,17+,18+,19+/m1/s1. The first-order valence-electron chi connectivity index (χ1n) is 9.31. The fourth-order valence-corrected chi connectivity index (χ4v) is 7.05. The summed E-state index contributed by atoms with van der Waals surface area (Å²) in [7, 11) is 0. The summed E-state index contributed by atoms with van der Waals surface area (Å²) in [6.07, 6.45) is 3.95. The molecule has 4 rings (SSSR count). The molecule has 0 bridgehead atoms. The van der Waals surface area contributed by atoms with Crippen LogP contribution in [0.2, 0.25) is 0 Å². The quantitative estimate of drug-likeness (QED) is 0.636. The van der Waals surface area contributed by atoms with E-state index in [2.05, 4.69) is 13.8 Å². The van der Waals surface area contributed by atoms with Gasteiger partial charge in [0.05, 0.1) is 18.3 Å². The lowest BCUT2D eigenvalue weighted by atomic mass is 9.44. The van der Waals surface area contributed by atoms with E-state index in [-0.39, 0.29) is 46.7 Å². The number of carbonyl (C=O) groups excluding carboxylic acids is 1. The van der Waals surface area contributed by atoms with Gasteiger partial charge in [-0.25, -0.2) is 0 Å². The van der Waals surface area contributed by atoms with Crippen LogP contribution in [0.3, 0.4) is 0 Å². The Morgan fingerprint density at radius 3 is 2.52 bits per heavy atom. The van der Waals surface area contributed by atoms with E-state index < -0.39 is 6.10 Å². The molecular weight excluding hydrogens is 292 g/mol. The average molecular weight is 322 g/mol. The van der Waals surface area contributed by atoms with Crippen LogP contribution in [0.1, 0.15) is 58.8 Å². The van der Waals surface area contributed by atoms with Crippen LogP contribution in [0.4, 0.5) is 0 Å². The predicted octanol–water partition coefficient (Wildman–Crippen LogP) is 1.90. The van der Waals surface area contributed by atoms with E-state index in [1.54, 1.807) is 0 Å². The van der Waals surface area contributed by atoms with Crippen LogP contribution < -0.4 is 0 Å². The zero-order valence-electron chi connectivity index (χ0n) is 14.2. The van der Waals surface area contributed by atoms with Crippen LogP contribution in [-0.4, -0.2) is 39.4 Å². The number of ketones is 1. The van der Waals surface area contributed by atoms with E-state index in [0.717, 1.165) is 19.3 Å². The number of hydrogen-bond acceptors (Lipinski definition) is 4. The third-order valence-corrected chi connectivity index (χ3v) is 8.08. The Morgan fingerprint density at radius 1 is 1.04 bits per heavy atom. The van der Waals surface area contributed by atoms with Gasteiger partial charge in [-0.3, -0.25) is 4.79 Å². The fourth-order valence-electron chi connectivity index (χ4n) is 7.05. The number of fused-ring (bicyclic) bond motifs is 5. The molecule has 23 heavy (non-hydrogen) atoms. The maximum atomic E-state index is 13.1. The molecule has 0 aromatic heterocycles. The molecule has 130 valence electrons. The number of Topliss-reactive ketones (excluding diaryl/α,β-unsaturated/α-hetero) is 1. The first-order chi connectivity index (χ1) is 10.7. The van der Waals surface area contributed by atoms with Crippen molar-refractivity contribution in [1.82, 2.24) is 0 Å². The van der Waals surface area contributed by atoms with Gasteiger partial charge in [-0.2, -0.15) is 0 Å². The second-order valence-corrected chi connectivity index (χ2v) is 9.49. The lowest BCUT2D eigenvalue weighted by Gasteiger charge is -2.60. The Morgan fingerprint density at radius 2 is 1.78 bits per heavy atom. The molecule has 4 heteroatoms. The third-order valence-electron chi connectivity index (χ3n) is 8.08. The van der Waals surface area contributed by atoms with Gasteiger partial charge in [-0.05, 0) is 67.1 Å². The van der Waals surface area contributed by atoms with Crippen LogP contribution >= 0.6 is 0 Å². The number of aliphatic hydroxyl groups is 3. The molecule has 4 aliphatic carbocycles. The molecule has 9 atom stereocenters. The minimum absolute atomic E-state index is 0.00473. The molecular formula is C19H30O4. The maximum absolute atomic E-state index is 13.1. The van der Waals surface area contributed by atoms with Crippen molar-refractivity contribution in [2.24, 2.45) is 34.5 Å². The van der Waals surface area contributed by atoms with Gasteiger partial charge in [-0.15, -0.1) is 0 Å². The highest BCUT2D eigenvalue weighted by atomic mass is 16.3. The van der Waals surface area contributed by atoms with Gasteiger partial charge < -0.3 is 15.3 Å². The van der Waals surface area contributed by atoms with Gasteiger partial charge >= 0.3 is 0 Å². The first kappa shape index (κ1) is 16.0. The Hall–Kier alpha value is -0.450. The minimum Gasteiger partial charge on any atom is -0.393 e. The summed E-state index contributed by atoms with van der Waals surface area (Å²) >= 11 is 0. The second kappa shape index (κ2) is 5.03. The van der Waals surface area contributed by atoms with Crippen molar-refractivity contribution in [3.63, 3.8) is 0 Å². The Balaban J connectivity index is 1.73. The van der Waals surface area contributed by atoms with Crippen molar-refractivity contribution < 1.29 is 20.1 Å². The van der Waals surface area contributed by atoms with Gasteiger partial charge in [-0.1, -0.05) is 13.8 Å². The Bertz CT molecular complexity index is 519. The predicted molar refractivity (Wildman–Crippen MR) is 85.5 cm³/mol. The molecule has 0 radical (unpaired) electrons. The smallest absolute Gasteiger partial charge is 0.137 e. The van der Waals surface area contributed by atoms with Gasteiger partial charge in [0.25, 0.3) is 0 Å². The molecule has 0 aromatic carbocycles. The van der Waals surface area contributed by atoms with Crippen molar-refractivity contribution >= 4 is 5.78 Å². The topological polar surface area (TPSA) is 77.8 Å². The minimum atomic E-state index is -0.470. The molecule has 3 N–H and O–H groups in total. The maximum Gasteiger partial charge on any atom is 0.137 e. The van der Waals surface area contributed by atoms with Crippen LogP contribution in [0, 0.1) is 34.5 Å². The molecule has 0 spiro atoms. The normalized spacial score (nSPS) is 59.2. The van der Waals surface area contributed by atoms with Crippen molar-refractivity contribution in [2.45, 2.75) is 77.1 Å². The highest BCUT2D eigenvalue weighted by molar-refractivity contribution is 5.84. The summed E-state index contributed by atoms with van der Waals surface area (Å²) in [5.74, 6) is 0.689. The van der Waals surface area contributed by atoms with Gasteiger partial charge in [0.1, 0.15) is 5.78 Å². The number of aliphatic hydroxyl groups excluding tert-OH is 3. The van der Waals surface area contributed by atoms with E-state index >= 15 is 0 Å². The van der Waals surface area contributed by atoms with Crippen molar-refractivity contribution in [1.29, 1.82) is 0 Å². The van der Waals surface area contributed by atoms with Gasteiger partial charge in [0, 0.05) is 12.3 Å². The molecule has 0 aliphatic heterocycles. The van der Waals surface area contributed by atoms with Crippen molar-refractivity contribution in [3.05, 3.63) is 0 Å². The fraction of sp³-hybridized carbons (Fsp3) is 0.947. The molecule has 0 aromatic rings. The molecule has 0 unspecified atom stereocenters. The first-order valence-corrected chi connectivity index (χ1v) is 9.31. The van der Waals surface area contributed by atoms with E-state index in [9.17, 15) is 20.1 Å². The van der Waals surface area contributed by atoms with Crippen molar-refractivity contribution in [2.75, 3.05) is 0 Å². The molecule has 0 heterocycles. The summed E-state index contributed by atoms with van der Waals surface area (Å²) in [6, 6.07) is 0. The Labute approximate surface area is 138 Å². The van der Waals surface area contributed by atoms with Crippen LogP contribution in [0.25, 0.3) is 0 Å². The number of carbonyl (C=O) groups is 1. The summed E-state index contributed by atoms with van der Waals surface area (Å²) in [5, 5.41) is 31.1. The van der Waals surface area contributed by atoms with Crippen LogP contribution in [0.15, 0.2) is 0 Å². The second-order valence-electron chi connectivity index (χ2n) is 9.49. The highest BCUT2D eigenvalue weighted by Gasteiger charge is 2.64. The zero-order valence-corrected chi connectivity index (χ0v) is 14.2. The SMILES string of the molecule is C[C@]12CC(=O)[C@H]3[C@@H]([C@H](O)C[C@H]4C[C@H](O)CC[C@@]43C)[C@@H]1C[C@@H](O)C2. The summed E-state index contributed by atoms with van der Waals surface area (Å²) in [4.78, 5) is 13.1. The van der Waals surface area contributed by atoms with Crippen LogP contribution in [0.5, 0.6) is 0 Å². The number of rotatable bonds is 0. The summed E-state index contributed by atoms with van der Waals surface area (Å²) < 4.78 is 0. The van der Waals surface area contributed by atoms with E-state index in [1.807, 2.05) is 0 Å². The van der Waals surface area contributed by atoms with Crippen molar-refractivity contribution in [3.8, 4) is 0 Å². The highest BCUT2D eigenvalue weighted by Crippen LogP contribution is 2.65. The summed E-state index contributed by atoms with van der Waals surface area (Å²) in [6.45, 7) is 4.35. The monoisotopic (exact) mass is 322 g/mol. The van der Waals surface area contributed by atoms with Crippen LogP contribution in [-0.2, 0) is 4.79 Å². The van der Waals surface area contributed by atoms with E-state index in [1.165, 1.54) is 0 Å². The Kier molecular flexibility index (Phi) is 3.51. The van der Waals surface area contributed by atoms with E-state index in [4.69, 9.17) is 0 Å². The lowest BCUT2D eigenvalue weighted by Crippen LogP contribution is -2.61. The van der Waals surface area contributed by atoms with E-state index in [0.29, 0.717) is 31.5 Å². The van der Waals surface area contributed by atoms with Gasteiger partial charge in [0.15, 0.2) is 0 Å². The lowest BCUT2D eigenvalue weighted by molar-refractivity contribution is -0.179. The third kappa shape index (κ3) is 2.17. The molecule has 4 nitrogen and oxygen atoms in total. The van der Waals surface area contributed by atoms with Gasteiger partial charge in [0.2, 0.25) is 0 Å². The molecule has 4 saturated carbocycles. The largest absolute Gasteiger partial charge is 0.393 e. The summed E-state index contributed by atoms with van der Waals surface area (Å²) in [5.41, 5.74) is -0.231. The molecule has 0 amide bonds. The number of hydrogen-bond donors (Lipinski definition) is 3. The molecule has 0 saturated heterocycles. The zero-order chi connectivity index (χ0) is 16.6.